The molecular formula is C28H31FNO3P. The summed E-state index contributed by atoms with van der Waals surface area (Å²) >= 11 is 0. The zero-order valence-electron chi connectivity index (χ0n) is 20.0. The van der Waals surface area contributed by atoms with Gasteiger partial charge in [0.1, 0.15) is 17.7 Å². The monoisotopic (exact) mass is 479 g/mol. The van der Waals surface area contributed by atoms with E-state index in [1.807, 2.05) is 25.5 Å². The Balaban J connectivity index is 1.36. The topological polar surface area (TPSA) is 48.4 Å². The van der Waals surface area contributed by atoms with Crippen LogP contribution >= 0.6 is 7.14 Å². The van der Waals surface area contributed by atoms with Gasteiger partial charge in [0.25, 0.3) is 0 Å². The fourth-order valence-electron chi connectivity index (χ4n) is 5.10. The molecule has 1 fully saturated rings. The Morgan fingerprint density at radius 1 is 1.12 bits per heavy atom. The maximum absolute atomic E-state index is 14.4. The first-order valence-corrected chi connectivity index (χ1v) is 14.7. The quantitative estimate of drug-likeness (QED) is 0.324. The first-order chi connectivity index (χ1) is 16.3. The number of aromatic nitrogens is 1. The Hall–Kier alpha value is -2.65. The first-order valence-electron chi connectivity index (χ1n) is 11.9. The van der Waals surface area contributed by atoms with Gasteiger partial charge in [0, 0.05) is 17.8 Å². The second-order valence-electron chi connectivity index (χ2n) is 10.0. The third-order valence-corrected chi connectivity index (χ3v) is 8.18. The molecule has 1 aromatic heterocycles. The number of ether oxygens (including phenoxy) is 2. The minimum atomic E-state index is -2.11. The zero-order valence-corrected chi connectivity index (χ0v) is 20.9. The van der Waals surface area contributed by atoms with Crippen LogP contribution in [0, 0.1) is 11.7 Å². The molecule has 178 valence electrons. The predicted octanol–water partition coefficient (Wildman–Crippen LogP) is 7.08. The van der Waals surface area contributed by atoms with E-state index in [4.69, 9.17) is 9.47 Å². The highest BCUT2D eigenvalue weighted by Crippen LogP contribution is 2.51. The lowest BCUT2D eigenvalue weighted by Crippen LogP contribution is -2.08. The molecule has 2 aliphatic rings. The van der Waals surface area contributed by atoms with Crippen LogP contribution in [0.4, 0.5) is 4.39 Å². The Morgan fingerprint density at radius 3 is 2.68 bits per heavy atom. The molecule has 0 saturated heterocycles. The molecule has 2 aliphatic carbocycles. The molecule has 5 rings (SSSR count). The maximum Gasteiger partial charge on any atom is 0.213 e. The first kappa shape index (κ1) is 23.1. The predicted molar refractivity (Wildman–Crippen MR) is 134 cm³/mol. The lowest BCUT2D eigenvalue weighted by molar-refractivity contribution is 0.207. The van der Waals surface area contributed by atoms with E-state index in [0.29, 0.717) is 23.3 Å². The fourth-order valence-corrected chi connectivity index (χ4v) is 6.56. The summed E-state index contributed by atoms with van der Waals surface area (Å²) in [4.78, 5) is 3.94. The number of hydrogen-bond donors (Lipinski definition) is 0. The molecule has 1 saturated carbocycles. The third kappa shape index (κ3) is 5.05. The van der Waals surface area contributed by atoms with Gasteiger partial charge in [0.05, 0.1) is 20.4 Å². The summed E-state index contributed by atoms with van der Waals surface area (Å²) in [7, 11) is -0.580. The van der Waals surface area contributed by atoms with E-state index >= 15 is 0 Å². The van der Waals surface area contributed by atoms with Gasteiger partial charge in [-0.2, -0.15) is 0 Å². The van der Waals surface area contributed by atoms with Crippen molar-refractivity contribution in [2.75, 3.05) is 26.6 Å². The normalized spacial score (nSPS) is 18.4. The van der Waals surface area contributed by atoms with E-state index in [1.165, 1.54) is 37.3 Å². The number of rotatable bonds is 8. The van der Waals surface area contributed by atoms with E-state index in [2.05, 4.69) is 35.3 Å². The highest BCUT2D eigenvalue weighted by atomic mass is 31.2. The van der Waals surface area contributed by atoms with Crippen molar-refractivity contribution in [3.05, 3.63) is 77.2 Å². The van der Waals surface area contributed by atoms with Crippen LogP contribution in [-0.4, -0.2) is 31.6 Å². The number of halogens is 1. The molecule has 34 heavy (non-hydrogen) atoms. The van der Waals surface area contributed by atoms with Crippen molar-refractivity contribution >= 4 is 7.14 Å². The Labute approximate surface area is 200 Å². The van der Waals surface area contributed by atoms with Crippen LogP contribution in [0.2, 0.25) is 0 Å². The van der Waals surface area contributed by atoms with Crippen molar-refractivity contribution < 1.29 is 18.4 Å². The average molecular weight is 480 g/mol. The van der Waals surface area contributed by atoms with Crippen LogP contribution in [0.15, 0.2) is 54.7 Å². The summed E-state index contributed by atoms with van der Waals surface area (Å²) in [6, 6.07) is 16.0. The van der Waals surface area contributed by atoms with Crippen LogP contribution in [0.5, 0.6) is 11.6 Å². The van der Waals surface area contributed by atoms with E-state index in [1.54, 1.807) is 6.07 Å². The fraction of sp³-hybridized carbons (Fsp3) is 0.393. The van der Waals surface area contributed by atoms with Crippen LogP contribution in [-0.2, 0) is 11.0 Å². The van der Waals surface area contributed by atoms with Crippen molar-refractivity contribution in [2.45, 2.75) is 37.7 Å². The van der Waals surface area contributed by atoms with Gasteiger partial charge >= 0.3 is 0 Å². The van der Waals surface area contributed by atoms with Gasteiger partial charge < -0.3 is 14.0 Å². The number of benzene rings is 2. The van der Waals surface area contributed by atoms with Crippen molar-refractivity contribution in [1.82, 2.24) is 4.98 Å². The van der Waals surface area contributed by atoms with Crippen molar-refractivity contribution in [2.24, 2.45) is 5.92 Å². The highest BCUT2D eigenvalue weighted by molar-refractivity contribution is 7.62. The molecule has 0 aliphatic heterocycles. The average Bonchev–Trinajstić information content (AvgIpc) is 3.59. The van der Waals surface area contributed by atoms with Gasteiger partial charge in [0.2, 0.25) is 5.88 Å². The largest absolute Gasteiger partial charge is 0.486 e. The standard InChI is InChI=1S/C28H31FNO3P/c1-32-28-15-24(26(29)16-30-28)21-9-11-23-20(13-21)10-12-27(23)33-22-6-4-5-19(14-22)25(18-7-8-18)17-34(2,3)31/h4-6,9,11,13-16,18,25,27H,7-8,10,12,17H2,1-3H3/t25-,27?/m0/s1. The molecule has 0 bridgehead atoms. The molecule has 1 unspecified atom stereocenters. The van der Waals surface area contributed by atoms with Gasteiger partial charge in [-0.3, -0.25) is 0 Å². The Morgan fingerprint density at radius 2 is 1.94 bits per heavy atom. The van der Waals surface area contributed by atoms with Crippen molar-refractivity contribution in [3.8, 4) is 22.8 Å². The summed E-state index contributed by atoms with van der Waals surface area (Å²) in [5.74, 6) is 1.87. The van der Waals surface area contributed by atoms with Gasteiger partial charge in [-0.1, -0.05) is 30.3 Å². The molecule has 2 aromatic carbocycles. The van der Waals surface area contributed by atoms with Crippen LogP contribution in [0.25, 0.3) is 11.1 Å². The number of methoxy groups -OCH3 is 1. The molecule has 0 radical (unpaired) electrons. The second-order valence-corrected chi connectivity index (χ2v) is 13.6. The Bertz CT molecular complexity index is 1250. The summed E-state index contributed by atoms with van der Waals surface area (Å²) < 4.78 is 38.6. The highest BCUT2D eigenvalue weighted by Gasteiger charge is 2.35. The Kier molecular flexibility index (Phi) is 6.24. The number of nitrogens with zero attached hydrogens (tertiary/aromatic N) is 1. The molecule has 0 N–H and O–H groups in total. The van der Waals surface area contributed by atoms with Crippen LogP contribution in [0.3, 0.4) is 0 Å². The third-order valence-electron chi connectivity index (χ3n) is 6.91. The minimum Gasteiger partial charge on any atom is -0.486 e. The number of hydrogen-bond acceptors (Lipinski definition) is 4. The minimum absolute atomic E-state index is 0.0288. The lowest BCUT2D eigenvalue weighted by Gasteiger charge is -2.21. The SMILES string of the molecule is COc1cc(-c2ccc3c(c2)CCC3Oc2cccc([C@@H](CP(C)(C)=O)C3CC3)c2)c(F)cn1. The number of aryl methyl sites for hydroxylation is 1. The van der Waals surface area contributed by atoms with Crippen molar-refractivity contribution in [1.29, 1.82) is 0 Å². The van der Waals surface area contributed by atoms with Crippen LogP contribution in [0.1, 0.15) is 48.0 Å². The van der Waals surface area contributed by atoms with Crippen molar-refractivity contribution in [3.63, 3.8) is 0 Å². The summed E-state index contributed by atoms with van der Waals surface area (Å²) in [6.45, 7) is 3.78. The van der Waals surface area contributed by atoms with E-state index in [9.17, 15) is 8.96 Å². The van der Waals surface area contributed by atoms with Gasteiger partial charge in [-0.25, -0.2) is 9.37 Å². The number of pyridine rings is 1. The smallest absolute Gasteiger partial charge is 0.213 e. The summed E-state index contributed by atoms with van der Waals surface area (Å²) in [6.07, 6.45) is 6.14. The molecule has 6 heteroatoms. The molecule has 0 spiro atoms. The molecular weight excluding hydrogens is 448 g/mol. The lowest BCUT2D eigenvalue weighted by atomic mass is 9.96. The summed E-state index contributed by atoms with van der Waals surface area (Å²) in [5.41, 5.74) is 4.88. The summed E-state index contributed by atoms with van der Waals surface area (Å²) in [5, 5.41) is 0. The van der Waals surface area contributed by atoms with Gasteiger partial charge in [0.15, 0.2) is 0 Å². The maximum atomic E-state index is 14.4. The molecule has 2 atom stereocenters. The van der Waals surface area contributed by atoms with Gasteiger partial charge in [-0.15, -0.1) is 0 Å². The van der Waals surface area contributed by atoms with E-state index in [-0.39, 0.29) is 11.9 Å². The van der Waals surface area contributed by atoms with Crippen LogP contribution < -0.4 is 9.47 Å². The molecule has 0 amide bonds. The molecule has 3 aromatic rings. The van der Waals surface area contributed by atoms with E-state index in [0.717, 1.165) is 35.9 Å². The zero-order chi connectivity index (χ0) is 23.9. The molecule has 4 nitrogen and oxygen atoms in total. The van der Waals surface area contributed by atoms with E-state index < -0.39 is 7.14 Å². The molecule has 1 heterocycles. The number of fused-ring (bicyclic) bond motifs is 1. The second kappa shape index (κ2) is 9.19. The van der Waals surface area contributed by atoms with Gasteiger partial charge in [-0.05, 0) is 85.2 Å².